The van der Waals surface area contributed by atoms with Gasteiger partial charge in [0.1, 0.15) is 5.78 Å². The third kappa shape index (κ3) is 8.77. The van der Waals surface area contributed by atoms with Crippen LogP contribution in [0, 0.1) is 5.41 Å². The number of Topliss-reactive ketones (excluding diaryl/α,β-unsaturated/α-hetero) is 1. The predicted octanol–water partition coefficient (Wildman–Crippen LogP) is -0.466. The molecule has 0 saturated carbocycles. The molecule has 1 atom stereocenters. The molecule has 0 aromatic heterocycles. The molecule has 0 bridgehead atoms. The van der Waals surface area contributed by atoms with Crippen LogP contribution < -0.4 is 0 Å². The van der Waals surface area contributed by atoms with Crippen LogP contribution in [-0.4, -0.2) is 112 Å². The standard InChI is InChI=1S/C18H31N3O7/c1-18(2,3)14(22)8-13-9-20(11-16(25)26)5-4-19(10-15(23)24)6-7-21(13)12-17(27)28/h13H,4-12H2,1-3H3,(H,23,24)(H,25,26)(H,27,28). The van der Waals surface area contributed by atoms with Crippen LogP contribution >= 0.6 is 0 Å². The average molecular weight is 401 g/mol. The predicted molar refractivity (Wildman–Crippen MR) is 100 cm³/mol. The lowest BCUT2D eigenvalue weighted by Crippen LogP contribution is -2.49. The molecule has 0 spiro atoms. The first kappa shape index (κ1) is 24.0. The number of carboxylic acids is 3. The molecule has 0 aromatic rings. The SMILES string of the molecule is CC(C)(C)C(=O)CC1CN(CC(=O)O)CCN(CC(=O)O)CCN1CC(=O)O. The van der Waals surface area contributed by atoms with Gasteiger partial charge in [-0.2, -0.15) is 0 Å². The second kappa shape index (κ2) is 10.5. The zero-order chi connectivity index (χ0) is 21.5. The second-order valence-electron chi connectivity index (χ2n) is 8.19. The molecular formula is C18H31N3O7. The normalized spacial score (nSPS) is 20.8. The summed E-state index contributed by atoms with van der Waals surface area (Å²) in [6.45, 7) is 6.08. The fourth-order valence-electron chi connectivity index (χ4n) is 3.13. The Morgan fingerprint density at radius 3 is 1.75 bits per heavy atom. The van der Waals surface area contributed by atoms with E-state index in [1.807, 2.05) is 0 Å². The summed E-state index contributed by atoms with van der Waals surface area (Å²) < 4.78 is 0. The van der Waals surface area contributed by atoms with Gasteiger partial charge in [-0.15, -0.1) is 0 Å². The number of hydrogen-bond donors (Lipinski definition) is 3. The zero-order valence-electron chi connectivity index (χ0n) is 16.8. The molecule has 0 aliphatic carbocycles. The Morgan fingerprint density at radius 2 is 1.25 bits per heavy atom. The third-order valence-electron chi connectivity index (χ3n) is 4.73. The van der Waals surface area contributed by atoms with Gasteiger partial charge < -0.3 is 15.3 Å². The van der Waals surface area contributed by atoms with Gasteiger partial charge in [-0.3, -0.25) is 33.9 Å². The van der Waals surface area contributed by atoms with Gasteiger partial charge in [0.15, 0.2) is 0 Å². The van der Waals surface area contributed by atoms with Crippen molar-refractivity contribution in [3.63, 3.8) is 0 Å². The fraction of sp³-hybridized carbons (Fsp3) is 0.778. The van der Waals surface area contributed by atoms with Crippen LogP contribution in [0.5, 0.6) is 0 Å². The smallest absolute Gasteiger partial charge is 0.317 e. The van der Waals surface area contributed by atoms with Crippen LogP contribution in [-0.2, 0) is 19.2 Å². The van der Waals surface area contributed by atoms with Crippen molar-refractivity contribution >= 4 is 23.7 Å². The van der Waals surface area contributed by atoms with Crippen LogP contribution in [0.15, 0.2) is 0 Å². The highest BCUT2D eigenvalue weighted by atomic mass is 16.4. The first-order valence-corrected chi connectivity index (χ1v) is 9.26. The second-order valence-corrected chi connectivity index (χ2v) is 8.19. The number of nitrogens with zero attached hydrogens (tertiary/aromatic N) is 3. The van der Waals surface area contributed by atoms with Gasteiger partial charge in [-0.1, -0.05) is 20.8 Å². The van der Waals surface area contributed by atoms with E-state index in [0.29, 0.717) is 19.6 Å². The number of ketones is 1. The summed E-state index contributed by atoms with van der Waals surface area (Å²) in [5.41, 5.74) is -0.597. The van der Waals surface area contributed by atoms with Gasteiger partial charge in [-0.05, 0) is 0 Å². The highest BCUT2D eigenvalue weighted by molar-refractivity contribution is 5.84. The molecule has 0 amide bonds. The minimum absolute atomic E-state index is 0.0372. The van der Waals surface area contributed by atoms with Crippen molar-refractivity contribution in [2.24, 2.45) is 5.41 Å². The Bertz CT molecular complexity index is 588. The van der Waals surface area contributed by atoms with Crippen molar-refractivity contribution in [1.82, 2.24) is 14.7 Å². The minimum Gasteiger partial charge on any atom is -0.480 e. The molecule has 0 aromatic carbocycles. The Balaban J connectivity index is 3.12. The van der Waals surface area contributed by atoms with Crippen molar-refractivity contribution < 1.29 is 34.5 Å². The van der Waals surface area contributed by atoms with Crippen molar-refractivity contribution in [2.75, 3.05) is 52.4 Å². The Kier molecular flexibility index (Phi) is 8.99. The highest BCUT2D eigenvalue weighted by Gasteiger charge is 2.32. The molecule has 3 N–H and O–H groups in total. The Hall–Kier alpha value is -2.04. The summed E-state index contributed by atoms with van der Waals surface area (Å²) in [5.74, 6) is -3.13. The van der Waals surface area contributed by atoms with Crippen molar-refractivity contribution in [3.8, 4) is 0 Å². The Morgan fingerprint density at radius 1 is 0.786 bits per heavy atom. The van der Waals surface area contributed by atoms with Gasteiger partial charge in [0.05, 0.1) is 19.6 Å². The lowest BCUT2D eigenvalue weighted by atomic mass is 9.86. The van der Waals surface area contributed by atoms with E-state index in [2.05, 4.69) is 0 Å². The minimum atomic E-state index is -1.05. The van der Waals surface area contributed by atoms with Crippen LogP contribution in [0.1, 0.15) is 27.2 Å². The maximum atomic E-state index is 12.6. The Labute approximate surface area is 164 Å². The van der Waals surface area contributed by atoms with Crippen LogP contribution in [0.25, 0.3) is 0 Å². The molecular weight excluding hydrogens is 370 g/mol. The molecule has 10 nitrogen and oxygen atoms in total. The summed E-state index contributed by atoms with van der Waals surface area (Å²) in [7, 11) is 0. The molecule has 1 fully saturated rings. The number of carbonyl (C=O) groups is 4. The van der Waals surface area contributed by atoms with Crippen LogP contribution in [0.2, 0.25) is 0 Å². The quantitative estimate of drug-likeness (QED) is 0.489. The largest absolute Gasteiger partial charge is 0.480 e. The summed E-state index contributed by atoms with van der Waals surface area (Å²) in [4.78, 5) is 51.2. The molecule has 160 valence electrons. The van der Waals surface area contributed by atoms with Crippen molar-refractivity contribution in [3.05, 3.63) is 0 Å². The van der Waals surface area contributed by atoms with Gasteiger partial charge in [0.25, 0.3) is 0 Å². The molecule has 1 unspecified atom stereocenters. The molecule has 0 radical (unpaired) electrons. The van der Waals surface area contributed by atoms with Crippen LogP contribution in [0.3, 0.4) is 0 Å². The fourth-order valence-corrected chi connectivity index (χ4v) is 3.13. The zero-order valence-corrected chi connectivity index (χ0v) is 16.8. The summed E-state index contributed by atoms with van der Waals surface area (Å²) in [6.07, 6.45) is 0.103. The number of aliphatic carboxylic acids is 3. The third-order valence-corrected chi connectivity index (χ3v) is 4.73. The van der Waals surface area contributed by atoms with Crippen molar-refractivity contribution in [1.29, 1.82) is 0 Å². The van der Waals surface area contributed by atoms with Crippen LogP contribution in [0.4, 0.5) is 0 Å². The van der Waals surface area contributed by atoms with Gasteiger partial charge in [-0.25, -0.2) is 0 Å². The summed E-state index contributed by atoms with van der Waals surface area (Å²) >= 11 is 0. The van der Waals surface area contributed by atoms with E-state index < -0.39 is 29.4 Å². The molecule has 10 heteroatoms. The van der Waals surface area contributed by atoms with E-state index in [0.717, 1.165) is 0 Å². The van der Waals surface area contributed by atoms with Gasteiger partial charge in [0, 0.05) is 50.6 Å². The first-order chi connectivity index (χ1) is 12.9. The lowest BCUT2D eigenvalue weighted by Gasteiger charge is -2.34. The number of hydrogen-bond acceptors (Lipinski definition) is 7. The molecule has 1 heterocycles. The number of rotatable bonds is 8. The van der Waals surface area contributed by atoms with Gasteiger partial charge >= 0.3 is 17.9 Å². The molecule has 1 rings (SSSR count). The number of carboxylic acid groups (broad SMARTS) is 3. The van der Waals surface area contributed by atoms with E-state index in [9.17, 15) is 29.4 Å². The highest BCUT2D eigenvalue weighted by Crippen LogP contribution is 2.21. The first-order valence-electron chi connectivity index (χ1n) is 9.26. The topological polar surface area (TPSA) is 139 Å². The lowest BCUT2D eigenvalue weighted by molar-refractivity contribution is -0.141. The maximum Gasteiger partial charge on any atom is 0.317 e. The average Bonchev–Trinajstić information content (AvgIpc) is 2.58. The van der Waals surface area contributed by atoms with Gasteiger partial charge in [0.2, 0.25) is 0 Å². The summed E-state index contributed by atoms with van der Waals surface area (Å²) in [5, 5.41) is 27.6. The van der Waals surface area contributed by atoms with Crippen molar-refractivity contribution in [2.45, 2.75) is 33.2 Å². The molecule has 1 aliphatic rings. The number of carbonyl (C=O) groups excluding carboxylic acids is 1. The monoisotopic (exact) mass is 401 g/mol. The molecule has 1 aliphatic heterocycles. The van der Waals surface area contributed by atoms with E-state index in [1.54, 1.807) is 35.5 Å². The van der Waals surface area contributed by atoms with E-state index in [1.165, 1.54) is 0 Å². The van der Waals surface area contributed by atoms with E-state index in [4.69, 9.17) is 5.11 Å². The summed E-state index contributed by atoms with van der Waals surface area (Å²) in [6, 6.07) is -0.466. The van der Waals surface area contributed by atoms with E-state index >= 15 is 0 Å². The maximum absolute atomic E-state index is 12.6. The van der Waals surface area contributed by atoms with E-state index in [-0.39, 0.29) is 44.9 Å². The molecule has 1 saturated heterocycles. The molecule has 28 heavy (non-hydrogen) atoms.